The molecule has 5 aliphatic heterocycles. The first-order chi connectivity index (χ1) is 19.5. The number of carbonyl (C=O) groups excluding carboxylic acids is 3. The van der Waals surface area contributed by atoms with Gasteiger partial charge < -0.3 is 0 Å². The normalized spacial score (nSPS) is 22.6. The molecule has 0 bridgehead atoms. The van der Waals surface area contributed by atoms with E-state index in [1.807, 2.05) is 28.4 Å². The summed E-state index contributed by atoms with van der Waals surface area (Å²) in [6, 6.07) is 1.86. The molecule has 1 aromatic rings. The van der Waals surface area contributed by atoms with Crippen LogP contribution in [0.1, 0.15) is 76.6 Å². The summed E-state index contributed by atoms with van der Waals surface area (Å²) in [4.78, 5) is 46.6. The van der Waals surface area contributed by atoms with E-state index in [0.29, 0.717) is 12.8 Å². The Balaban J connectivity index is 1.66. The molecule has 0 unspecified atom stereocenters. The first-order valence-electron chi connectivity index (χ1n) is 13.7. The molecule has 1 fully saturated rings. The predicted octanol–water partition coefficient (Wildman–Crippen LogP) is 9.09. The molecule has 1 aromatic carbocycles. The van der Waals surface area contributed by atoms with Crippen LogP contribution in [-0.2, 0) is 10.5 Å². The highest BCUT2D eigenvalue weighted by Gasteiger charge is 2.57. The molecule has 0 atom stereocenters. The fourth-order valence-corrected chi connectivity index (χ4v) is 13.2. The maximum atomic E-state index is 14.5. The van der Waals surface area contributed by atoms with Crippen molar-refractivity contribution >= 4 is 93.3 Å². The van der Waals surface area contributed by atoms with Crippen molar-refractivity contribution < 1.29 is 14.4 Å². The van der Waals surface area contributed by atoms with Crippen LogP contribution in [0.5, 0.6) is 0 Å². The molecule has 0 aliphatic carbocycles. The lowest BCUT2D eigenvalue weighted by Crippen LogP contribution is -2.62. The molecule has 5 heterocycles. The van der Waals surface area contributed by atoms with Crippen molar-refractivity contribution in [3.05, 3.63) is 58.9 Å². The van der Waals surface area contributed by atoms with Crippen LogP contribution in [0.2, 0.25) is 0 Å². The zero-order valence-corrected chi connectivity index (χ0v) is 28.3. The van der Waals surface area contributed by atoms with Gasteiger partial charge in [0.2, 0.25) is 0 Å². The van der Waals surface area contributed by atoms with Crippen molar-refractivity contribution in [2.45, 2.75) is 76.7 Å². The van der Waals surface area contributed by atoms with Gasteiger partial charge in [0.25, 0.3) is 5.91 Å². The summed E-state index contributed by atoms with van der Waals surface area (Å²) in [5.74, 6) is 0.511. The summed E-state index contributed by atoms with van der Waals surface area (Å²) in [5, 5.41) is 2.57. The summed E-state index contributed by atoms with van der Waals surface area (Å²) >= 11 is 8.36. The van der Waals surface area contributed by atoms with E-state index in [-0.39, 0.29) is 9.83 Å². The second-order valence-corrected chi connectivity index (χ2v) is 16.9. The third-order valence-corrected chi connectivity index (χ3v) is 15.3. The Kier molecular flexibility index (Phi) is 7.54. The van der Waals surface area contributed by atoms with Gasteiger partial charge in [0.05, 0.1) is 17.0 Å². The molecule has 5 aliphatic rings. The van der Waals surface area contributed by atoms with Gasteiger partial charge in [0, 0.05) is 21.8 Å². The first-order valence-corrected chi connectivity index (χ1v) is 18.2. The van der Waals surface area contributed by atoms with E-state index in [2.05, 4.69) is 71.4 Å². The van der Waals surface area contributed by atoms with Gasteiger partial charge in [0.15, 0.2) is 0 Å². The number of anilines is 1. The number of benzene rings is 1. The van der Waals surface area contributed by atoms with Crippen LogP contribution < -0.4 is 10.3 Å². The molecule has 0 radical (unpaired) electrons. The van der Waals surface area contributed by atoms with Crippen LogP contribution >= 0.6 is 58.8 Å². The summed E-state index contributed by atoms with van der Waals surface area (Å²) in [6.07, 6.45) is 3.52. The van der Waals surface area contributed by atoms with Crippen LogP contribution in [-0.4, -0.2) is 37.6 Å². The highest BCUT2D eigenvalue weighted by atomic mass is 32.2. The molecule has 0 saturated carbocycles. The van der Waals surface area contributed by atoms with Gasteiger partial charge in [-0.25, -0.2) is 10.2 Å². The van der Waals surface area contributed by atoms with Gasteiger partial charge in [-0.3, -0.25) is 14.5 Å². The lowest BCUT2D eigenvalue weighted by molar-refractivity contribution is -0.126. The van der Waals surface area contributed by atoms with E-state index >= 15 is 0 Å². The van der Waals surface area contributed by atoms with E-state index in [9.17, 15) is 14.4 Å². The third kappa shape index (κ3) is 4.16. The number of amides is 4. The van der Waals surface area contributed by atoms with Gasteiger partial charge in [-0.05, 0) is 102 Å². The Morgan fingerprint density at radius 1 is 1.00 bits per heavy atom. The Morgan fingerprint density at radius 2 is 1.68 bits per heavy atom. The van der Waals surface area contributed by atoms with Crippen molar-refractivity contribution in [3.8, 4) is 0 Å². The highest BCUT2D eigenvalue weighted by molar-refractivity contribution is 8.25. The number of nitrogens with zero attached hydrogens (tertiary/aromatic N) is 2. The number of hydrogen-bond donors (Lipinski definition) is 1. The van der Waals surface area contributed by atoms with Crippen molar-refractivity contribution in [1.82, 2.24) is 10.4 Å². The Hall–Kier alpha value is -1.66. The second-order valence-electron chi connectivity index (χ2n) is 10.8. The smallest absolute Gasteiger partial charge is 0.281 e. The number of rotatable bonds is 3. The van der Waals surface area contributed by atoms with Gasteiger partial charge in [-0.2, -0.15) is 5.01 Å². The summed E-state index contributed by atoms with van der Waals surface area (Å²) in [7, 11) is 0. The van der Waals surface area contributed by atoms with E-state index in [1.165, 1.54) is 36.3 Å². The predicted molar refractivity (Wildman–Crippen MR) is 180 cm³/mol. The number of allylic oxidation sites excluding steroid dienone is 3. The molecular weight excluding hydrogens is 611 g/mol. The monoisotopic (exact) mass is 643 g/mol. The minimum absolute atomic E-state index is 0.0362. The molecule has 11 heteroatoms. The van der Waals surface area contributed by atoms with E-state index in [0.717, 1.165) is 44.9 Å². The van der Waals surface area contributed by atoms with Gasteiger partial charge in [-0.15, -0.1) is 35.3 Å². The molecule has 41 heavy (non-hydrogen) atoms. The van der Waals surface area contributed by atoms with Crippen molar-refractivity contribution in [2.24, 2.45) is 0 Å². The first kappa shape index (κ1) is 29.4. The van der Waals surface area contributed by atoms with Crippen LogP contribution in [0.15, 0.2) is 36.7 Å². The van der Waals surface area contributed by atoms with E-state index in [4.69, 9.17) is 0 Å². The van der Waals surface area contributed by atoms with Crippen molar-refractivity contribution in [2.75, 3.05) is 10.7 Å². The van der Waals surface area contributed by atoms with Crippen LogP contribution in [0.4, 0.5) is 15.3 Å². The number of imide groups is 1. The quantitative estimate of drug-likeness (QED) is 0.350. The molecule has 1 N–H and O–H groups in total. The summed E-state index contributed by atoms with van der Waals surface area (Å²) in [6.45, 7) is 15.3. The maximum Gasteiger partial charge on any atom is 0.342 e. The average Bonchev–Trinajstić information content (AvgIpc) is 3.43. The largest absolute Gasteiger partial charge is 0.342 e. The topological polar surface area (TPSA) is 69.7 Å². The van der Waals surface area contributed by atoms with Crippen LogP contribution in [0, 0.1) is 6.92 Å². The lowest BCUT2D eigenvalue weighted by atomic mass is 9.77. The molecule has 6 nitrogen and oxygen atoms in total. The number of hydrogen-bond acceptors (Lipinski definition) is 8. The molecule has 6 rings (SSSR count). The second kappa shape index (κ2) is 10.5. The van der Waals surface area contributed by atoms with Gasteiger partial charge >= 0.3 is 11.3 Å². The average molecular weight is 644 g/mol. The fraction of sp³-hybridized carbons (Fsp3) is 0.433. The van der Waals surface area contributed by atoms with Gasteiger partial charge in [0.1, 0.15) is 4.08 Å². The Bertz CT molecular complexity index is 1520. The van der Waals surface area contributed by atoms with Crippen molar-refractivity contribution in [1.29, 1.82) is 0 Å². The minimum atomic E-state index is -0.664. The highest BCUT2D eigenvalue weighted by Crippen LogP contribution is 2.71. The SMILES string of the molecule is CCC1(CC)C2=C(c3cc4c(c(C)c3N1C(=O)NN1C(=O)CSC1=O)C=CSC4)C1(SC(C)=C(C)S1)C(C)=C(C)S2. The summed E-state index contributed by atoms with van der Waals surface area (Å²) in [5.41, 5.74) is 10.1. The minimum Gasteiger partial charge on any atom is -0.281 e. The van der Waals surface area contributed by atoms with E-state index in [1.54, 1.807) is 23.5 Å². The molecule has 216 valence electrons. The number of urea groups is 1. The number of fused-ring (bicyclic) bond motifs is 4. The molecule has 0 aromatic heterocycles. The molecule has 1 saturated heterocycles. The Morgan fingerprint density at radius 3 is 2.29 bits per heavy atom. The maximum absolute atomic E-state index is 14.5. The number of carbonyl (C=O) groups is 3. The summed E-state index contributed by atoms with van der Waals surface area (Å²) < 4.78 is -0.318. The number of thioether (sulfide) groups is 5. The Labute approximate surface area is 263 Å². The number of nitrogens with one attached hydrogen (secondary N) is 1. The fourth-order valence-electron chi connectivity index (χ4n) is 6.41. The van der Waals surface area contributed by atoms with Crippen LogP contribution in [0.3, 0.4) is 0 Å². The standard InChI is InChI=1S/C30H33N3O3S5/c1-8-29(9-2)26-24(30(16(4)17(5)39-26)40-18(6)19(7)41-30)22-12-20-13-37-11-10-21(20)15(3)25(22)32(29)27(35)31-33-23(34)14-38-28(33)36/h10-12H,8-9,13-14H2,1-7H3,(H,31,35). The number of hydrazine groups is 1. The van der Waals surface area contributed by atoms with Crippen LogP contribution in [0.25, 0.3) is 11.6 Å². The molecule has 1 spiro atoms. The lowest BCUT2D eigenvalue weighted by Gasteiger charge is -2.54. The molecular formula is C30H33N3O3S5. The zero-order valence-electron chi connectivity index (χ0n) is 24.2. The third-order valence-electron chi connectivity index (χ3n) is 8.85. The molecule has 4 amide bonds. The van der Waals surface area contributed by atoms with E-state index < -0.39 is 22.7 Å². The zero-order chi connectivity index (χ0) is 29.4. The van der Waals surface area contributed by atoms with Gasteiger partial charge in [-0.1, -0.05) is 37.4 Å². The van der Waals surface area contributed by atoms with Crippen molar-refractivity contribution in [3.63, 3.8) is 0 Å².